The van der Waals surface area contributed by atoms with Gasteiger partial charge >= 0.3 is 5.63 Å². The van der Waals surface area contributed by atoms with Crippen LogP contribution in [0.2, 0.25) is 0 Å². The van der Waals surface area contributed by atoms with Crippen molar-refractivity contribution in [1.29, 1.82) is 0 Å². The van der Waals surface area contributed by atoms with Gasteiger partial charge in [0.1, 0.15) is 11.3 Å². The number of fused-ring (bicyclic) bond motifs is 1. The normalized spacial score (nSPS) is 13.1. The first-order chi connectivity index (χ1) is 14.3. The minimum atomic E-state index is -1.33. The standard InChI is InChI=1S/C22H29NO6S/c1-5-6-7-15-12-19(24)29-20-13(2)18(9-8-16(15)20)28-14(3)21(25)23-17(22(26)27)10-11-30-4/h8-9,12,14,17H,5-7,10-11H2,1-4H3,(H,23,25)(H,26,27)/p-1/t14-,17+/m1/s1. The summed E-state index contributed by atoms with van der Waals surface area (Å²) in [4.78, 5) is 35.7. The monoisotopic (exact) mass is 434 g/mol. The van der Waals surface area contributed by atoms with Gasteiger partial charge in [-0.2, -0.15) is 11.8 Å². The topological polar surface area (TPSA) is 109 Å². The fourth-order valence-electron chi connectivity index (χ4n) is 3.13. The summed E-state index contributed by atoms with van der Waals surface area (Å²) in [6.07, 6.45) is 3.93. The predicted octanol–water partition coefficient (Wildman–Crippen LogP) is 2.20. The molecule has 7 nitrogen and oxygen atoms in total. The Morgan fingerprint density at radius 3 is 2.70 bits per heavy atom. The summed E-state index contributed by atoms with van der Waals surface area (Å²) in [5, 5.41) is 14.5. The molecular weight excluding hydrogens is 406 g/mol. The maximum absolute atomic E-state index is 12.4. The van der Waals surface area contributed by atoms with E-state index in [9.17, 15) is 19.5 Å². The number of amides is 1. The Bertz CT molecular complexity index is 955. The highest BCUT2D eigenvalue weighted by atomic mass is 32.2. The van der Waals surface area contributed by atoms with Crippen LogP contribution in [0.1, 0.15) is 44.2 Å². The van der Waals surface area contributed by atoms with Crippen LogP contribution in [-0.4, -0.2) is 36.0 Å². The Hall–Kier alpha value is -2.48. The van der Waals surface area contributed by atoms with Gasteiger partial charge in [0.05, 0.1) is 12.0 Å². The molecule has 0 bridgehead atoms. The lowest BCUT2D eigenvalue weighted by Crippen LogP contribution is -2.51. The van der Waals surface area contributed by atoms with Gasteiger partial charge in [-0.05, 0) is 62.8 Å². The SMILES string of the molecule is CCCCc1cc(=O)oc2c(C)c(O[C@H](C)C(=O)N[C@@H](CCSC)C(=O)[O-])ccc12. The number of carbonyl (C=O) groups excluding carboxylic acids is 2. The van der Waals surface area contributed by atoms with Crippen LogP contribution in [0.25, 0.3) is 11.0 Å². The number of carboxylic acids is 1. The lowest BCUT2D eigenvalue weighted by molar-refractivity contribution is -0.308. The highest BCUT2D eigenvalue weighted by Gasteiger charge is 2.21. The van der Waals surface area contributed by atoms with Crippen molar-refractivity contribution in [2.45, 2.75) is 58.6 Å². The number of aliphatic carboxylic acids is 1. The lowest BCUT2D eigenvalue weighted by atomic mass is 10.0. The van der Waals surface area contributed by atoms with Gasteiger partial charge in [0.2, 0.25) is 0 Å². The number of aryl methyl sites for hydroxylation is 2. The van der Waals surface area contributed by atoms with Crippen LogP contribution in [0.4, 0.5) is 0 Å². The van der Waals surface area contributed by atoms with Gasteiger partial charge in [-0.15, -0.1) is 0 Å². The third-order valence-electron chi connectivity index (χ3n) is 4.88. The van der Waals surface area contributed by atoms with E-state index in [4.69, 9.17) is 9.15 Å². The summed E-state index contributed by atoms with van der Waals surface area (Å²) >= 11 is 1.49. The highest BCUT2D eigenvalue weighted by Crippen LogP contribution is 2.29. The summed E-state index contributed by atoms with van der Waals surface area (Å²) in [6, 6.07) is 4.00. The largest absolute Gasteiger partial charge is 0.548 e. The van der Waals surface area contributed by atoms with Gasteiger partial charge in [-0.1, -0.05) is 13.3 Å². The molecule has 0 aliphatic rings. The lowest BCUT2D eigenvalue weighted by Gasteiger charge is -2.22. The molecule has 2 rings (SSSR count). The average molecular weight is 435 g/mol. The fourth-order valence-corrected chi connectivity index (χ4v) is 3.60. The van der Waals surface area contributed by atoms with Crippen LogP contribution in [0.5, 0.6) is 5.75 Å². The molecule has 0 saturated heterocycles. The quantitative estimate of drug-likeness (QED) is 0.540. The van der Waals surface area contributed by atoms with Gasteiger partial charge in [-0.25, -0.2) is 4.79 Å². The third-order valence-corrected chi connectivity index (χ3v) is 5.53. The molecule has 30 heavy (non-hydrogen) atoms. The van der Waals surface area contributed by atoms with Gasteiger partial charge in [0.15, 0.2) is 6.10 Å². The summed E-state index contributed by atoms with van der Waals surface area (Å²) in [5.74, 6) is -0.900. The molecule has 0 saturated carbocycles. The molecule has 0 radical (unpaired) electrons. The van der Waals surface area contributed by atoms with Crippen molar-refractivity contribution in [2.75, 3.05) is 12.0 Å². The van der Waals surface area contributed by atoms with Crippen LogP contribution < -0.4 is 20.8 Å². The zero-order valence-corrected chi connectivity index (χ0v) is 18.6. The second-order valence-electron chi connectivity index (χ2n) is 7.18. The van der Waals surface area contributed by atoms with E-state index >= 15 is 0 Å². The maximum Gasteiger partial charge on any atom is 0.336 e. The molecule has 164 valence electrons. The first kappa shape index (κ1) is 23.8. The van der Waals surface area contributed by atoms with Crippen molar-refractivity contribution < 1.29 is 23.8 Å². The third kappa shape index (κ3) is 6.01. The molecule has 0 unspecified atom stereocenters. The molecule has 1 aromatic carbocycles. The van der Waals surface area contributed by atoms with Crippen molar-refractivity contribution >= 4 is 34.6 Å². The van der Waals surface area contributed by atoms with E-state index in [1.165, 1.54) is 24.8 Å². The van der Waals surface area contributed by atoms with Gasteiger partial charge in [0.25, 0.3) is 5.91 Å². The number of nitrogens with one attached hydrogen (secondary N) is 1. The van der Waals surface area contributed by atoms with Crippen LogP contribution in [0, 0.1) is 6.92 Å². The molecular formula is C22H28NO6S-. The summed E-state index contributed by atoms with van der Waals surface area (Å²) in [5.41, 5.74) is 1.55. The molecule has 0 spiro atoms. The molecule has 0 aliphatic carbocycles. The van der Waals surface area contributed by atoms with E-state index in [2.05, 4.69) is 12.2 Å². The van der Waals surface area contributed by atoms with Crippen molar-refractivity contribution in [3.05, 3.63) is 39.7 Å². The molecule has 1 heterocycles. The number of hydrogen-bond acceptors (Lipinski definition) is 7. The summed E-state index contributed by atoms with van der Waals surface area (Å²) in [7, 11) is 0. The zero-order chi connectivity index (χ0) is 22.3. The van der Waals surface area contributed by atoms with Crippen LogP contribution in [0.15, 0.2) is 27.4 Å². The van der Waals surface area contributed by atoms with E-state index in [1.807, 2.05) is 12.3 Å². The number of hydrogen-bond donors (Lipinski definition) is 1. The van der Waals surface area contributed by atoms with E-state index in [0.717, 1.165) is 30.2 Å². The Labute approximate surface area is 180 Å². The first-order valence-corrected chi connectivity index (χ1v) is 11.4. The molecule has 1 amide bonds. The van der Waals surface area contributed by atoms with Gasteiger partial charge in [-0.3, -0.25) is 4.79 Å². The minimum Gasteiger partial charge on any atom is -0.548 e. The van der Waals surface area contributed by atoms with Gasteiger partial charge in [0, 0.05) is 17.0 Å². The predicted molar refractivity (Wildman–Crippen MR) is 116 cm³/mol. The Morgan fingerprint density at radius 1 is 1.33 bits per heavy atom. The number of ether oxygens (including phenoxy) is 1. The molecule has 2 aromatic rings. The summed E-state index contributed by atoms with van der Waals surface area (Å²) < 4.78 is 11.2. The number of carboxylic acid groups (broad SMARTS) is 1. The second kappa shape index (κ2) is 11.1. The van der Waals surface area contributed by atoms with E-state index in [1.54, 1.807) is 13.0 Å². The second-order valence-corrected chi connectivity index (χ2v) is 8.17. The summed E-state index contributed by atoms with van der Waals surface area (Å²) in [6.45, 7) is 5.38. The van der Waals surface area contributed by atoms with Crippen molar-refractivity contribution in [2.24, 2.45) is 0 Å². The van der Waals surface area contributed by atoms with E-state index in [-0.39, 0.29) is 6.42 Å². The molecule has 1 aromatic heterocycles. The van der Waals surface area contributed by atoms with Crippen molar-refractivity contribution in [3.8, 4) is 5.75 Å². The number of carbonyl (C=O) groups is 2. The number of benzene rings is 1. The zero-order valence-electron chi connectivity index (χ0n) is 17.8. The highest BCUT2D eigenvalue weighted by molar-refractivity contribution is 7.98. The Kier molecular flexibility index (Phi) is 8.77. The molecule has 1 N–H and O–H groups in total. The first-order valence-electron chi connectivity index (χ1n) is 10.0. The Morgan fingerprint density at radius 2 is 2.07 bits per heavy atom. The van der Waals surface area contributed by atoms with E-state index in [0.29, 0.717) is 22.6 Å². The number of rotatable bonds is 11. The van der Waals surface area contributed by atoms with Crippen LogP contribution in [-0.2, 0) is 16.0 Å². The van der Waals surface area contributed by atoms with Crippen molar-refractivity contribution in [1.82, 2.24) is 5.32 Å². The average Bonchev–Trinajstić information content (AvgIpc) is 2.71. The molecule has 8 heteroatoms. The van der Waals surface area contributed by atoms with E-state index < -0.39 is 29.6 Å². The smallest absolute Gasteiger partial charge is 0.336 e. The Balaban J connectivity index is 2.22. The number of thioether (sulfide) groups is 1. The molecule has 0 fully saturated rings. The van der Waals surface area contributed by atoms with Gasteiger partial charge < -0.3 is 24.4 Å². The van der Waals surface area contributed by atoms with Crippen LogP contribution >= 0.6 is 11.8 Å². The van der Waals surface area contributed by atoms with Crippen molar-refractivity contribution in [3.63, 3.8) is 0 Å². The molecule has 2 atom stereocenters. The maximum atomic E-state index is 12.4. The number of unbranched alkanes of at least 4 members (excludes halogenated alkanes) is 1. The fraction of sp³-hybridized carbons (Fsp3) is 0.500. The minimum absolute atomic E-state index is 0.267. The molecule has 0 aliphatic heterocycles. The van der Waals surface area contributed by atoms with Crippen LogP contribution in [0.3, 0.4) is 0 Å².